The number of hydrogen-bond donors (Lipinski definition) is 0. The minimum absolute atomic E-state index is 0.323. The van der Waals surface area contributed by atoms with Crippen LogP contribution in [0.1, 0.15) is 16.7 Å². The van der Waals surface area contributed by atoms with Crippen LogP contribution < -0.4 is 0 Å². The molecule has 5 nitrogen and oxygen atoms in total. The maximum Gasteiger partial charge on any atom is 0.257 e. The first-order valence-electron chi connectivity index (χ1n) is 8.27. The van der Waals surface area contributed by atoms with Gasteiger partial charge in [-0.1, -0.05) is 48.5 Å². The topological polar surface area (TPSA) is 80.2 Å². The van der Waals surface area contributed by atoms with Crippen LogP contribution in [-0.2, 0) is 10.2 Å². The number of benzene rings is 2. The smallest absolute Gasteiger partial charge is 0.257 e. The molecule has 2 aromatic rings. The highest BCUT2D eigenvalue weighted by Gasteiger charge is 2.52. The van der Waals surface area contributed by atoms with Gasteiger partial charge in [0.2, 0.25) is 0 Å². The second kappa shape index (κ2) is 5.98. The SMILES string of the molecule is N#Cc1ccccc1[C@]1(C#N)C(=O)N2CCN=C2C=C1c1ccccc1. The number of carbonyl (C=O) groups is 1. The summed E-state index contributed by atoms with van der Waals surface area (Å²) in [5, 5.41) is 19.8. The van der Waals surface area contributed by atoms with E-state index < -0.39 is 5.41 Å². The van der Waals surface area contributed by atoms with E-state index >= 15 is 0 Å². The van der Waals surface area contributed by atoms with Crippen LogP contribution in [0.3, 0.4) is 0 Å². The Bertz CT molecular complexity index is 1040. The van der Waals surface area contributed by atoms with Crippen molar-refractivity contribution in [3.63, 3.8) is 0 Å². The van der Waals surface area contributed by atoms with E-state index in [2.05, 4.69) is 17.1 Å². The standard InChI is InChI=1S/C21H14N4O/c22-13-16-8-4-5-9-17(16)21(14-23)18(15-6-2-1-3-7-15)12-19-24-10-11-25(19)20(21)26/h1-9,12H,10-11H2/t21-/m0/s1. The fraction of sp³-hybridized carbons (Fsp3) is 0.143. The first-order chi connectivity index (χ1) is 12.7. The number of fused-ring (bicyclic) bond motifs is 1. The lowest BCUT2D eigenvalue weighted by Gasteiger charge is -2.37. The van der Waals surface area contributed by atoms with E-state index in [0.717, 1.165) is 5.56 Å². The lowest BCUT2D eigenvalue weighted by Crippen LogP contribution is -2.51. The fourth-order valence-electron chi connectivity index (χ4n) is 3.60. The van der Waals surface area contributed by atoms with E-state index in [1.54, 1.807) is 35.2 Å². The van der Waals surface area contributed by atoms with Gasteiger partial charge in [-0.3, -0.25) is 14.7 Å². The van der Waals surface area contributed by atoms with Crippen molar-refractivity contribution >= 4 is 17.3 Å². The minimum Gasteiger partial charge on any atom is -0.293 e. The molecule has 0 spiro atoms. The van der Waals surface area contributed by atoms with Gasteiger partial charge in [0.1, 0.15) is 5.84 Å². The highest BCUT2D eigenvalue weighted by molar-refractivity contribution is 6.22. The quantitative estimate of drug-likeness (QED) is 0.844. The molecule has 2 aliphatic heterocycles. The number of nitriles is 2. The average Bonchev–Trinajstić information content (AvgIpc) is 3.18. The van der Waals surface area contributed by atoms with Gasteiger partial charge < -0.3 is 0 Å². The zero-order valence-corrected chi connectivity index (χ0v) is 13.9. The van der Waals surface area contributed by atoms with Crippen LogP contribution >= 0.6 is 0 Å². The highest BCUT2D eigenvalue weighted by Crippen LogP contribution is 2.44. The summed E-state index contributed by atoms with van der Waals surface area (Å²) in [6.45, 7) is 0.964. The molecule has 0 fully saturated rings. The van der Waals surface area contributed by atoms with Crippen LogP contribution in [0.25, 0.3) is 5.57 Å². The Morgan fingerprint density at radius 3 is 2.50 bits per heavy atom. The molecule has 0 aliphatic carbocycles. The van der Waals surface area contributed by atoms with Crippen LogP contribution in [0.15, 0.2) is 65.7 Å². The van der Waals surface area contributed by atoms with Crippen LogP contribution in [0, 0.1) is 22.7 Å². The van der Waals surface area contributed by atoms with Gasteiger partial charge in [-0.25, -0.2) is 0 Å². The second-order valence-electron chi connectivity index (χ2n) is 6.14. The van der Waals surface area contributed by atoms with Crippen molar-refractivity contribution in [2.24, 2.45) is 4.99 Å². The van der Waals surface area contributed by atoms with E-state index in [1.165, 1.54) is 0 Å². The molecule has 4 rings (SSSR count). The first-order valence-corrected chi connectivity index (χ1v) is 8.27. The number of carbonyl (C=O) groups excluding carboxylic acids is 1. The Kier molecular flexibility index (Phi) is 3.64. The molecule has 0 unspecified atom stereocenters. The van der Waals surface area contributed by atoms with E-state index in [1.807, 2.05) is 30.3 Å². The number of rotatable bonds is 2. The molecule has 124 valence electrons. The van der Waals surface area contributed by atoms with Crippen molar-refractivity contribution in [3.05, 3.63) is 77.4 Å². The van der Waals surface area contributed by atoms with Gasteiger partial charge in [0, 0.05) is 12.1 Å². The van der Waals surface area contributed by atoms with E-state index in [0.29, 0.717) is 35.6 Å². The van der Waals surface area contributed by atoms with Gasteiger partial charge >= 0.3 is 0 Å². The van der Waals surface area contributed by atoms with Gasteiger partial charge in [0.25, 0.3) is 5.91 Å². The highest BCUT2D eigenvalue weighted by atomic mass is 16.2. The molecule has 1 amide bonds. The van der Waals surface area contributed by atoms with Crippen LogP contribution in [0.5, 0.6) is 0 Å². The Hall–Kier alpha value is -3.70. The molecule has 0 bridgehead atoms. The van der Waals surface area contributed by atoms with E-state index in [9.17, 15) is 15.3 Å². The summed E-state index contributed by atoms with van der Waals surface area (Å²) in [6.07, 6.45) is 1.81. The van der Waals surface area contributed by atoms with Gasteiger partial charge in [-0.2, -0.15) is 10.5 Å². The molecule has 5 heteroatoms. The molecule has 0 N–H and O–H groups in total. The Morgan fingerprint density at radius 1 is 1.04 bits per heavy atom. The number of aliphatic imine (C=N–C) groups is 1. The second-order valence-corrected chi connectivity index (χ2v) is 6.14. The van der Waals surface area contributed by atoms with E-state index in [-0.39, 0.29) is 5.91 Å². The summed E-state index contributed by atoms with van der Waals surface area (Å²) in [5.74, 6) is 0.231. The third kappa shape index (κ3) is 2.08. The molecule has 0 saturated heterocycles. The van der Waals surface area contributed by atoms with Crippen LogP contribution in [-0.4, -0.2) is 29.7 Å². The monoisotopic (exact) mass is 338 g/mol. The third-order valence-corrected chi connectivity index (χ3v) is 4.82. The van der Waals surface area contributed by atoms with Gasteiger partial charge in [0.05, 0.1) is 24.2 Å². The van der Waals surface area contributed by atoms with E-state index in [4.69, 9.17) is 0 Å². The van der Waals surface area contributed by atoms with Crippen molar-refractivity contribution in [2.45, 2.75) is 5.41 Å². The molecule has 0 aromatic heterocycles. The minimum atomic E-state index is -1.57. The lowest BCUT2D eigenvalue weighted by molar-refractivity contribution is -0.129. The number of amides is 1. The maximum absolute atomic E-state index is 13.5. The summed E-state index contributed by atoms with van der Waals surface area (Å²) in [4.78, 5) is 19.4. The lowest BCUT2D eigenvalue weighted by atomic mass is 9.68. The zero-order valence-electron chi connectivity index (χ0n) is 13.9. The molecule has 0 radical (unpaired) electrons. The summed E-state index contributed by atoms with van der Waals surface area (Å²) >= 11 is 0. The van der Waals surface area contributed by atoms with Crippen LogP contribution in [0.4, 0.5) is 0 Å². The summed E-state index contributed by atoms with van der Waals surface area (Å²) in [5.41, 5.74) is 0.492. The molecule has 1 atom stereocenters. The fourth-order valence-corrected chi connectivity index (χ4v) is 3.60. The molecular weight excluding hydrogens is 324 g/mol. The van der Waals surface area contributed by atoms with Gasteiger partial charge in [-0.05, 0) is 23.3 Å². The van der Waals surface area contributed by atoms with Crippen molar-refractivity contribution in [1.29, 1.82) is 10.5 Å². The first kappa shape index (κ1) is 15.8. The Labute approximate surface area is 151 Å². The molecule has 2 aromatic carbocycles. The predicted molar refractivity (Wildman–Crippen MR) is 96.9 cm³/mol. The molecular formula is C21H14N4O. The van der Waals surface area contributed by atoms with Gasteiger partial charge in [0.15, 0.2) is 5.41 Å². The number of nitrogens with zero attached hydrogens (tertiary/aromatic N) is 4. The summed E-state index contributed by atoms with van der Waals surface area (Å²) in [7, 11) is 0. The largest absolute Gasteiger partial charge is 0.293 e. The molecule has 2 heterocycles. The number of hydrogen-bond acceptors (Lipinski definition) is 4. The molecule has 0 saturated carbocycles. The Morgan fingerprint density at radius 2 is 1.77 bits per heavy atom. The normalized spacial score (nSPS) is 21.3. The molecule has 26 heavy (non-hydrogen) atoms. The van der Waals surface area contributed by atoms with Crippen LogP contribution in [0.2, 0.25) is 0 Å². The number of amidine groups is 1. The third-order valence-electron chi connectivity index (χ3n) is 4.82. The van der Waals surface area contributed by atoms with Crippen molar-refractivity contribution in [2.75, 3.05) is 13.1 Å². The molecule has 2 aliphatic rings. The van der Waals surface area contributed by atoms with Gasteiger partial charge in [-0.15, -0.1) is 0 Å². The maximum atomic E-state index is 13.5. The summed E-state index contributed by atoms with van der Waals surface area (Å²) < 4.78 is 0. The van der Waals surface area contributed by atoms with Crippen molar-refractivity contribution in [3.8, 4) is 12.1 Å². The zero-order chi connectivity index (χ0) is 18.1. The summed E-state index contributed by atoms with van der Waals surface area (Å²) in [6, 6.07) is 20.5. The van der Waals surface area contributed by atoms with Crippen molar-refractivity contribution in [1.82, 2.24) is 4.90 Å². The Balaban J connectivity index is 2.07. The predicted octanol–water partition coefficient (Wildman–Crippen LogP) is 2.66. The van der Waals surface area contributed by atoms with Crippen molar-refractivity contribution < 1.29 is 4.79 Å². The average molecular weight is 338 g/mol.